The first kappa shape index (κ1) is 16.9. The molecule has 4 heterocycles. The van der Waals surface area contributed by atoms with Crippen molar-refractivity contribution in [2.24, 2.45) is 0 Å². The lowest BCUT2D eigenvalue weighted by Crippen LogP contribution is -2.44. The predicted octanol–water partition coefficient (Wildman–Crippen LogP) is 2.09. The number of phenolic OH excluding ortho intramolecular Hbond substituents is 1. The monoisotopic (exact) mass is 378 g/mol. The van der Waals surface area contributed by atoms with Crippen molar-refractivity contribution in [2.45, 2.75) is 39.0 Å². The topological polar surface area (TPSA) is 102 Å². The highest BCUT2D eigenvalue weighted by Gasteiger charge is 2.45. The Morgan fingerprint density at radius 2 is 2.07 bits per heavy atom. The van der Waals surface area contributed by atoms with Gasteiger partial charge in [-0.05, 0) is 37.6 Å². The van der Waals surface area contributed by atoms with E-state index >= 15 is 0 Å². The molecule has 2 aromatic heterocycles. The predicted molar refractivity (Wildman–Crippen MR) is 101 cm³/mol. The third-order valence-corrected chi connectivity index (χ3v) is 5.93. The van der Waals surface area contributed by atoms with Gasteiger partial charge < -0.3 is 19.5 Å². The summed E-state index contributed by atoms with van der Waals surface area (Å²) in [5, 5.41) is 21.7. The van der Waals surface area contributed by atoms with Crippen molar-refractivity contribution in [3.63, 3.8) is 0 Å². The molecule has 28 heavy (non-hydrogen) atoms. The molecule has 1 atom stereocenters. The molecule has 5 rings (SSSR count). The van der Waals surface area contributed by atoms with Gasteiger partial charge in [0, 0.05) is 22.1 Å². The minimum Gasteiger partial charge on any atom is -0.508 e. The molecular formula is C21H18N2O5. The van der Waals surface area contributed by atoms with Crippen LogP contribution >= 0.6 is 0 Å². The molecule has 0 radical (unpaired) electrons. The third kappa shape index (κ3) is 1.99. The van der Waals surface area contributed by atoms with Crippen LogP contribution in [0.4, 0.5) is 0 Å². The number of aromatic nitrogens is 2. The molecule has 0 spiro atoms. The minimum absolute atomic E-state index is 0.109. The van der Waals surface area contributed by atoms with Gasteiger partial charge >= 0.3 is 5.97 Å². The first-order valence-corrected chi connectivity index (χ1v) is 9.14. The fourth-order valence-corrected chi connectivity index (χ4v) is 4.18. The first-order chi connectivity index (χ1) is 13.3. The van der Waals surface area contributed by atoms with E-state index in [9.17, 15) is 19.8 Å². The number of ether oxygens (including phenoxy) is 1. The van der Waals surface area contributed by atoms with Crippen LogP contribution in [-0.2, 0) is 28.3 Å². The smallest absolute Gasteiger partial charge is 0.343 e. The van der Waals surface area contributed by atoms with Crippen LogP contribution in [-0.4, -0.2) is 25.7 Å². The number of pyridine rings is 2. The van der Waals surface area contributed by atoms with Crippen LogP contribution in [0.15, 0.2) is 29.1 Å². The Labute approximate surface area is 159 Å². The highest BCUT2D eigenvalue weighted by molar-refractivity contribution is 5.89. The zero-order valence-electron chi connectivity index (χ0n) is 15.4. The number of cyclic esters (lactones) is 1. The molecule has 7 heteroatoms. The Balaban J connectivity index is 1.80. The summed E-state index contributed by atoms with van der Waals surface area (Å²) in [4.78, 5) is 30.0. The molecule has 1 unspecified atom stereocenters. The molecule has 0 amide bonds. The molecule has 142 valence electrons. The number of esters is 1. The van der Waals surface area contributed by atoms with Gasteiger partial charge in [-0.15, -0.1) is 0 Å². The number of aliphatic hydroxyl groups is 1. The summed E-state index contributed by atoms with van der Waals surface area (Å²) in [5.41, 5.74) is 2.01. The van der Waals surface area contributed by atoms with Crippen LogP contribution in [0.25, 0.3) is 22.3 Å². The maximum atomic E-state index is 13.1. The Bertz CT molecular complexity index is 1260. The lowest BCUT2D eigenvalue weighted by atomic mass is 9.86. The number of rotatable bonds is 1. The molecule has 2 N–H and O–H groups in total. The van der Waals surface area contributed by atoms with Crippen molar-refractivity contribution in [1.82, 2.24) is 9.55 Å². The number of hydrogen-bond donors (Lipinski definition) is 2. The molecule has 0 aliphatic carbocycles. The second-order valence-corrected chi connectivity index (χ2v) is 7.38. The number of nitrogens with zero attached hydrogens (tertiary/aromatic N) is 2. The van der Waals surface area contributed by atoms with E-state index in [0.29, 0.717) is 34.6 Å². The Hall–Kier alpha value is -3.19. The van der Waals surface area contributed by atoms with E-state index < -0.39 is 11.6 Å². The van der Waals surface area contributed by atoms with Gasteiger partial charge in [-0.3, -0.25) is 4.79 Å². The van der Waals surface area contributed by atoms with Gasteiger partial charge in [-0.25, -0.2) is 9.78 Å². The highest BCUT2D eigenvalue weighted by Crippen LogP contribution is 2.39. The minimum atomic E-state index is -1.83. The molecule has 0 fully saturated rings. The van der Waals surface area contributed by atoms with Gasteiger partial charge in [0.05, 0.1) is 29.0 Å². The molecule has 0 saturated carbocycles. The maximum Gasteiger partial charge on any atom is 0.343 e. The number of aryl methyl sites for hydroxylation is 1. The van der Waals surface area contributed by atoms with Gasteiger partial charge in [0.15, 0.2) is 5.60 Å². The van der Waals surface area contributed by atoms with E-state index in [1.165, 1.54) is 0 Å². The second kappa shape index (κ2) is 5.42. The Morgan fingerprint density at radius 3 is 2.82 bits per heavy atom. The van der Waals surface area contributed by atoms with E-state index in [4.69, 9.17) is 9.72 Å². The number of hydrogen-bond acceptors (Lipinski definition) is 6. The van der Waals surface area contributed by atoms with Crippen molar-refractivity contribution >= 4 is 16.9 Å². The number of fused-ring (bicyclic) bond motifs is 5. The van der Waals surface area contributed by atoms with Crippen LogP contribution in [0.3, 0.4) is 0 Å². The van der Waals surface area contributed by atoms with Crippen molar-refractivity contribution in [1.29, 1.82) is 0 Å². The van der Waals surface area contributed by atoms with Crippen molar-refractivity contribution in [3.8, 4) is 17.1 Å². The molecule has 3 aromatic rings. The number of benzene rings is 1. The van der Waals surface area contributed by atoms with E-state index in [1.807, 2.05) is 13.0 Å². The van der Waals surface area contributed by atoms with Gasteiger partial charge in [0.25, 0.3) is 5.56 Å². The Morgan fingerprint density at radius 1 is 1.29 bits per heavy atom. The number of carbonyl (C=O) groups excluding carboxylic acids is 1. The SMILES string of the molecule is CCC1(O)C(=O)OCc2c1cc1n(c2=O)Cc2cc3c(C)c(O)ccc3nc2-1. The summed E-state index contributed by atoms with van der Waals surface area (Å²) >= 11 is 0. The molecule has 2 aliphatic rings. The van der Waals surface area contributed by atoms with Crippen molar-refractivity contribution < 1.29 is 19.7 Å². The molecule has 1 aromatic carbocycles. The fourth-order valence-electron chi connectivity index (χ4n) is 4.18. The van der Waals surface area contributed by atoms with E-state index in [0.717, 1.165) is 16.5 Å². The van der Waals surface area contributed by atoms with Crippen LogP contribution in [0.5, 0.6) is 5.75 Å². The standard InChI is InChI=1S/C21H18N2O5/c1-3-21(27)14-7-16-18-11(6-12-10(2)17(24)5-4-15(12)22-18)8-23(16)19(25)13(14)9-28-20(21)26/h4-7,24,27H,3,8-9H2,1-2H3. The fraction of sp³-hybridized carbons (Fsp3) is 0.286. The molecule has 7 nitrogen and oxygen atoms in total. The Kier molecular flexibility index (Phi) is 3.28. The molecule has 0 bridgehead atoms. The zero-order chi connectivity index (χ0) is 19.8. The summed E-state index contributed by atoms with van der Waals surface area (Å²) < 4.78 is 6.67. The number of phenols is 1. The van der Waals surface area contributed by atoms with E-state index in [1.54, 1.807) is 29.7 Å². The normalized spacial score (nSPS) is 19.9. The second-order valence-electron chi connectivity index (χ2n) is 7.38. The van der Waals surface area contributed by atoms with Crippen molar-refractivity contribution in [3.05, 3.63) is 56.9 Å². The lowest BCUT2D eigenvalue weighted by molar-refractivity contribution is -0.172. The average Bonchev–Trinajstić information content (AvgIpc) is 3.05. The largest absolute Gasteiger partial charge is 0.508 e. The van der Waals surface area contributed by atoms with Crippen molar-refractivity contribution in [2.75, 3.05) is 0 Å². The zero-order valence-corrected chi connectivity index (χ0v) is 15.4. The molecule has 2 aliphatic heterocycles. The maximum absolute atomic E-state index is 13.1. The van der Waals surface area contributed by atoms with Gasteiger partial charge in [0.1, 0.15) is 12.4 Å². The summed E-state index contributed by atoms with van der Waals surface area (Å²) in [6, 6.07) is 6.96. The third-order valence-electron chi connectivity index (χ3n) is 5.93. The first-order valence-electron chi connectivity index (χ1n) is 9.14. The summed E-state index contributed by atoms with van der Waals surface area (Å²) in [6.07, 6.45) is 0.109. The molecular weight excluding hydrogens is 360 g/mol. The van der Waals surface area contributed by atoms with E-state index in [-0.39, 0.29) is 24.3 Å². The number of aromatic hydroxyl groups is 1. The lowest BCUT2D eigenvalue weighted by Gasteiger charge is -2.31. The van der Waals surface area contributed by atoms with Crippen LogP contribution < -0.4 is 5.56 Å². The van der Waals surface area contributed by atoms with Gasteiger partial charge in [-0.2, -0.15) is 0 Å². The van der Waals surface area contributed by atoms with Crippen LogP contribution in [0, 0.1) is 6.92 Å². The van der Waals surface area contributed by atoms with Crippen LogP contribution in [0.1, 0.15) is 35.6 Å². The summed E-state index contributed by atoms with van der Waals surface area (Å²) in [6.45, 7) is 3.70. The van der Waals surface area contributed by atoms with Gasteiger partial charge in [-0.1, -0.05) is 6.92 Å². The molecule has 0 saturated heterocycles. The average molecular weight is 378 g/mol. The summed E-state index contributed by atoms with van der Waals surface area (Å²) in [7, 11) is 0. The summed E-state index contributed by atoms with van der Waals surface area (Å²) in [5.74, 6) is -0.538. The van der Waals surface area contributed by atoms with E-state index in [2.05, 4.69) is 0 Å². The van der Waals surface area contributed by atoms with Crippen LogP contribution in [0.2, 0.25) is 0 Å². The van der Waals surface area contributed by atoms with Gasteiger partial charge in [0.2, 0.25) is 0 Å². The number of carbonyl (C=O) groups is 1. The quantitative estimate of drug-likeness (QED) is 0.492. The highest BCUT2D eigenvalue weighted by atomic mass is 16.6.